The number of nitrogens with two attached hydrogens (primary N) is 1. The highest BCUT2D eigenvalue weighted by Crippen LogP contribution is 2.08. The number of hydrogen-bond acceptors (Lipinski definition) is 1. The monoisotopic (exact) mass is 488 g/mol. The Balaban J connectivity index is -0.0000000275. The van der Waals surface area contributed by atoms with E-state index in [1.165, 1.54) is 19.3 Å². The Morgan fingerprint density at radius 3 is 1.06 bits per heavy atom. The topological polar surface area (TPSA) is 26.0 Å². The van der Waals surface area contributed by atoms with Gasteiger partial charge in [0.25, 0.3) is 0 Å². The Kier molecular flexibility index (Phi) is 229. The van der Waals surface area contributed by atoms with Crippen LogP contribution in [0.1, 0.15) is 151 Å². The molecule has 0 heterocycles. The van der Waals surface area contributed by atoms with Crippen molar-refractivity contribution in [2.24, 2.45) is 11.7 Å². The van der Waals surface area contributed by atoms with Crippen molar-refractivity contribution in [1.82, 2.24) is 0 Å². The molecule has 0 aromatic rings. The van der Waals surface area contributed by atoms with E-state index in [9.17, 15) is 0 Å². The number of rotatable bonds is 5. The molecule has 0 saturated carbocycles. The highest BCUT2D eigenvalue weighted by molar-refractivity contribution is 5.27. The molecule has 2 N–H and O–H groups in total. The number of hydrogen-bond donors (Lipinski definition) is 1. The third-order valence-corrected chi connectivity index (χ3v) is 2.04. The van der Waals surface area contributed by atoms with Crippen LogP contribution in [0.5, 0.6) is 0 Å². The number of unbranched alkanes of at least 4 members (excludes halogenated alkanes) is 1. The second-order valence-electron chi connectivity index (χ2n) is 5.08. The molecular weight excluding hydrogens is 410 g/mol. The first-order chi connectivity index (χ1) is 16.3. The summed E-state index contributed by atoms with van der Waals surface area (Å²) in [6.07, 6.45) is 12.8. The SMILES string of the molecule is C=C/C=C(N)\C=C/C(=C)C(C)C.C=CC.CC.CC.CC.CC.CC.CC.CCC.CCCC. The normalized spacial score (nSPS) is 7.24. The fourth-order valence-corrected chi connectivity index (χ4v) is 0.587. The van der Waals surface area contributed by atoms with Crippen molar-refractivity contribution in [3.8, 4) is 0 Å². The Morgan fingerprint density at radius 1 is 0.676 bits per heavy atom. The summed E-state index contributed by atoms with van der Waals surface area (Å²) in [5, 5.41) is 0. The van der Waals surface area contributed by atoms with E-state index in [1.807, 2.05) is 102 Å². The number of allylic oxidation sites excluding steroid dienone is 6. The van der Waals surface area contributed by atoms with Crippen LogP contribution in [0.15, 0.2) is 61.4 Å². The largest absolute Gasteiger partial charge is 0.399 e. The highest BCUT2D eigenvalue weighted by Gasteiger charge is 1.93. The molecule has 0 rings (SSSR count). The van der Waals surface area contributed by atoms with Crippen LogP contribution in [0.3, 0.4) is 0 Å². The summed E-state index contributed by atoms with van der Waals surface area (Å²) in [6.45, 7) is 49.5. The quantitative estimate of drug-likeness (QED) is 0.303. The van der Waals surface area contributed by atoms with Crippen molar-refractivity contribution in [1.29, 1.82) is 0 Å². The molecule has 34 heavy (non-hydrogen) atoms. The molecule has 0 aliphatic rings. The van der Waals surface area contributed by atoms with Crippen LogP contribution in [-0.4, -0.2) is 0 Å². The van der Waals surface area contributed by atoms with Crippen LogP contribution in [0.25, 0.3) is 0 Å². The molecule has 0 aliphatic carbocycles. The van der Waals surface area contributed by atoms with Crippen molar-refractivity contribution in [3.05, 3.63) is 61.4 Å². The lowest BCUT2D eigenvalue weighted by molar-refractivity contribution is 0.795. The summed E-state index contributed by atoms with van der Waals surface area (Å²) in [7, 11) is 0. The van der Waals surface area contributed by atoms with E-state index in [1.54, 1.807) is 18.2 Å². The van der Waals surface area contributed by atoms with Gasteiger partial charge in [0.1, 0.15) is 0 Å². The van der Waals surface area contributed by atoms with Crippen LogP contribution in [-0.2, 0) is 0 Å². The standard InChI is InChI=1S/C11H17N.C4H10.C3H8.C3H6.6C2H6/c1-5-6-11(12)8-7-10(4)9(2)3;1-3-4-2;2*1-3-2;6*1-2/h5-9H,1,4,12H2,2-3H3;3-4H2,1-2H3;3H2,1-2H3;3H,1H2,2H3;6*1-2H3/b8-7-,11-6+;;;;;;;;;. The Hall–Kier alpha value is -1.50. The van der Waals surface area contributed by atoms with E-state index < -0.39 is 0 Å². The summed E-state index contributed by atoms with van der Waals surface area (Å²) < 4.78 is 0. The summed E-state index contributed by atoms with van der Waals surface area (Å²) in [5.41, 5.74) is 7.37. The minimum Gasteiger partial charge on any atom is -0.399 e. The molecule has 0 saturated heterocycles. The zero-order chi connectivity index (χ0) is 30.4. The van der Waals surface area contributed by atoms with Crippen LogP contribution >= 0.6 is 0 Å². The zero-order valence-electron chi connectivity index (χ0n) is 28.3. The van der Waals surface area contributed by atoms with Crippen molar-refractivity contribution >= 4 is 0 Å². The summed E-state index contributed by atoms with van der Waals surface area (Å²) >= 11 is 0. The van der Waals surface area contributed by atoms with Gasteiger partial charge in [-0.1, -0.05) is 181 Å². The van der Waals surface area contributed by atoms with Gasteiger partial charge in [-0.3, -0.25) is 0 Å². The van der Waals surface area contributed by atoms with Crippen molar-refractivity contribution in [2.45, 2.75) is 151 Å². The van der Waals surface area contributed by atoms with Crippen LogP contribution < -0.4 is 5.73 Å². The first-order valence-corrected chi connectivity index (χ1v) is 14.3. The summed E-state index contributed by atoms with van der Waals surface area (Å²) in [6, 6.07) is 0. The average Bonchev–Trinajstić information content (AvgIpc) is 2.91. The van der Waals surface area contributed by atoms with Crippen LogP contribution in [0, 0.1) is 5.92 Å². The maximum Gasteiger partial charge on any atom is 0.0313 e. The average molecular weight is 488 g/mol. The maximum absolute atomic E-state index is 5.59. The van der Waals surface area contributed by atoms with Gasteiger partial charge in [0.15, 0.2) is 0 Å². The lowest BCUT2D eigenvalue weighted by Gasteiger charge is -2.02. The predicted octanol–water partition coefficient (Wildman–Crippen LogP) is 13.4. The van der Waals surface area contributed by atoms with Crippen molar-refractivity contribution in [3.63, 3.8) is 0 Å². The van der Waals surface area contributed by atoms with Gasteiger partial charge < -0.3 is 5.73 Å². The van der Waals surface area contributed by atoms with Gasteiger partial charge >= 0.3 is 0 Å². The summed E-state index contributed by atoms with van der Waals surface area (Å²) in [4.78, 5) is 0. The van der Waals surface area contributed by atoms with E-state index in [2.05, 4.69) is 61.3 Å². The molecular formula is C33H77N. The second kappa shape index (κ2) is 122. The maximum atomic E-state index is 5.59. The molecule has 0 aliphatic heterocycles. The predicted molar refractivity (Wildman–Crippen MR) is 176 cm³/mol. The van der Waals surface area contributed by atoms with Gasteiger partial charge in [-0.2, -0.15) is 0 Å². The van der Waals surface area contributed by atoms with E-state index in [0.29, 0.717) is 11.6 Å². The third kappa shape index (κ3) is 201. The van der Waals surface area contributed by atoms with Gasteiger partial charge in [0, 0.05) is 5.70 Å². The first-order valence-electron chi connectivity index (χ1n) is 14.3. The van der Waals surface area contributed by atoms with E-state index in [4.69, 9.17) is 5.73 Å². The smallest absolute Gasteiger partial charge is 0.0313 e. The summed E-state index contributed by atoms with van der Waals surface area (Å²) in [5.74, 6) is 0.470. The lowest BCUT2D eigenvalue weighted by atomic mass is 10.1. The van der Waals surface area contributed by atoms with Crippen molar-refractivity contribution in [2.75, 3.05) is 0 Å². The Labute approximate surface area is 223 Å². The minimum atomic E-state index is 0.470. The van der Waals surface area contributed by atoms with Gasteiger partial charge in [-0.25, -0.2) is 0 Å². The van der Waals surface area contributed by atoms with Crippen LogP contribution in [0.2, 0.25) is 0 Å². The fraction of sp³-hybridized carbons (Fsp3) is 0.697. The van der Waals surface area contributed by atoms with Crippen LogP contribution in [0.4, 0.5) is 0 Å². The Morgan fingerprint density at radius 2 is 0.912 bits per heavy atom. The van der Waals surface area contributed by atoms with E-state index >= 15 is 0 Å². The minimum absolute atomic E-state index is 0.470. The van der Waals surface area contributed by atoms with Gasteiger partial charge in [-0.15, -0.1) is 6.58 Å². The molecule has 0 unspecified atom stereocenters. The molecule has 0 spiro atoms. The molecule has 0 atom stereocenters. The second-order valence-corrected chi connectivity index (χ2v) is 5.08. The molecule has 0 amide bonds. The first kappa shape index (κ1) is 63.7. The van der Waals surface area contributed by atoms with Gasteiger partial charge in [-0.05, 0) is 25.0 Å². The molecule has 1 heteroatoms. The molecule has 0 aromatic carbocycles. The molecule has 1 nitrogen and oxygen atoms in total. The molecule has 0 aromatic heterocycles. The highest BCUT2D eigenvalue weighted by atomic mass is 14.5. The molecule has 0 bridgehead atoms. The van der Waals surface area contributed by atoms with Crippen molar-refractivity contribution < 1.29 is 0 Å². The van der Waals surface area contributed by atoms with E-state index in [-0.39, 0.29) is 0 Å². The van der Waals surface area contributed by atoms with Gasteiger partial charge in [0.05, 0.1) is 0 Å². The molecule has 214 valence electrons. The fourth-order valence-electron chi connectivity index (χ4n) is 0.587. The zero-order valence-corrected chi connectivity index (χ0v) is 28.3. The van der Waals surface area contributed by atoms with Gasteiger partial charge in [0.2, 0.25) is 0 Å². The molecule has 0 radical (unpaired) electrons. The third-order valence-electron chi connectivity index (χ3n) is 2.04. The Bertz CT molecular complexity index is 292. The lowest BCUT2D eigenvalue weighted by Crippen LogP contribution is -1.93. The molecule has 0 fully saturated rings. The van der Waals surface area contributed by atoms with E-state index in [0.717, 1.165) is 5.57 Å².